The van der Waals surface area contributed by atoms with Crippen molar-refractivity contribution in [2.24, 2.45) is 5.73 Å². The highest BCUT2D eigenvalue weighted by Crippen LogP contribution is 2.43. The summed E-state index contributed by atoms with van der Waals surface area (Å²) in [5.74, 6) is -2.30. The molecule has 30 heavy (non-hydrogen) atoms. The molecule has 4 rings (SSSR count). The summed E-state index contributed by atoms with van der Waals surface area (Å²) >= 11 is 0. The minimum Gasteiger partial charge on any atom is -0.449 e. The molecular weight excluding hydrogens is 382 g/mol. The molecule has 6 heteroatoms. The van der Waals surface area contributed by atoms with E-state index in [-0.39, 0.29) is 5.57 Å². The van der Waals surface area contributed by atoms with Gasteiger partial charge in [0.2, 0.25) is 0 Å². The van der Waals surface area contributed by atoms with Crippen molar-refractivity contribution in [2.45, 2.75) is 43.8 Å². The average Bonchev–Trinajstić information content (AvgIpc) is 3.13. The minimum absolute atomic E-state index is 0.179. The molecule has 2 N–H and O–H groups in total. The van der Waals surface area contributed by atoms with Crippen LogP contribution in [0.15, 0.2) is 66.2 Å². The second kappa shape index (κ2) is 8.14. The number of carbonyl (C=O) groups is 3. The molecule has 1 heterocycles. The van der Waals surface area contributed by atoms with Crippen LogP contribution in [0, 0.1) is 0 Å². The van der Waals surface area contributed by atoms with Gasteiger partial charge in [0, 0.05) is 5.57 Å². The Hall–Kier alpha value is -3.41. The Balaban J connectivity index is 1.78. The number of benzene rings is 2. The van der Waals surface area contributed by atoms with Crippen LogP contribution in [-0.4, -0.2) is 23.4 Å². The maximum Gasteiger partial charge on any atom is 0.347 e. The minimum atomic E-state index is -1.38. The highest BCUT2D eigenvalue weighted by Gasteiger charge is 2.46. The van der Waals surface area contributed by atoms with Crippen LogP contribution in [0.5, 0.6) is 0 Å². The van der Waals surface area contributed by atoms with E-state index in [1.807, 2.05) is 60.7 Å². The van der Waals surface area contributed by atoms with Gasteiger partial charge in [-0.05, 0) is 36.8 Å². The number of hydrogen-bond donors (Lipinski definition) is 1. The van der Waals surface area contributed by atoms with E-state index >= 15 is 0 Å². The van der Waals surface area contributed by atoms with E-state index in [0.29, 0.717) is 24.0 Å². The quantitative estimate of drug-likeness (QED) is 0.607. The first-order chi connectivity index (χ1) is 14.5. The Labute approximate surface area is 174 Å². The topological polar surface area (TPSA) is 95.7 Å². The molecule has 0 spiro atoms. The van der Waals surface area contributed by atoms with Gasteiger partial charge in [-0.25, -0.2) is 9.59 Å². The summed E-state index contributed by atoms with van der Waals surface area (Å²) < 4.78 is 11.3. The lowest BCUT2D eigenvalue weighted by Crippen LogP contribution is -2.49. The van der Waals surface area contributed by atoms with Gasteiger partial charge in [-0.3, -0.25) is 4.79 Å². The van der Waals surface area contributed by atoms with Gasteiger partial charge in [0.1, 0.15) is 0 Å². The van der Waals surface area contributed by atoms with Gasteiger partial charge in [0.05, 0.1) is 0 Å². The molecule has 1 atom stereocenters. The van der Waals surface area contributed by atoms with Gasteiger partial charge in [0.15, 0.2) is 17.3 Å². The second-order valence-corrected chi connectivity index (χ2v) is 7.66. The van der Waals surface area contributed by atoms with Crippen LogP contribution in [0.3, 0.4) is 0 Å². The third-order valence-corrected chi connectivity index (χ3v) is 5.75. The van der Waals surface area contributed by atoms with E-state index in [0.717, 1.165) is 24.8 Å². The van der Waals surface area contributed by atoms with Crippen LogP contribution >= 0.6 is 0 Å². The van der Waals surface area contributed by atoms with Crippen molar-refractivity contribution in [3.05, 3.63) is 77.4 Å². The standard InChI is InChI=1S/C24H23NO5/c25-23(28)24(14-8-3-9-15-24)30-22(27)19-18(16-10-4-1-5-11-16)20(29-21(19)26)17-12-6-2-7-13-17/h1-2,4-7,10-13,20H,3,8-9,14-15H2,(H2,25,28). The van der Waals surface area contributed by atoms with Crippen molar-refractivity contribution in [3.8, 4) is 0 Å². The summed E-state index contributed by atoms with van der Waals surface area (Å²) in [6.45, 7) is 0. The van der Waals surface area contributed by atoms with Gasteiger partial charge in [0.25, 0.3) is 5.91 Å². The Kier molecular flexibility index (Phi) is 5.40. The average molecular weight is 405 g/mol. The molecule has 1 unspecified atom stereocenters. The number of carbonyl (C=O) groups excluding carboxylic acids is 3. The van der Waals surface area contributed by atoms with Crippen molar-refractivity contribution in [2.75, 3.05) is 0 Å². The SMILES string of the molecule is NC(=O)C1(OC(=O)C2=C(c3ccccc3)C(c3ccccc3)OC2=O)CCCCC1. The van der Waals surface area contributed by atoms with Crippen LogP contribution in [0.1, 0.15) is 49.3 Å². The van der Waals surface area contributed by atoms with E-state index in [1.54, 1.807) is 0 Å². The van der Waals surface area contributed by atoms with Crippen molar-refractivity contribution in [3.63, 3.8) is 0 Å². The van der Waals surface area contributed by atoms with E-state index in [2.05, 4.69) is 0 Å². The summed E-state index contributed by atoms with van der Waals surface area (Å²) in [4.78, 5) is 38.2. The largest absolute Gasteiger partial charge is 0.449 e. The van der Waals surface area contributed by atoms with Crippen molar-refractivity contribution < 1.29 is 23.9 Å². The fourth-order valence-electron chi connectivity index (χ4n) is 4.19. The molecular formula is C24H23NO5. The van der Waals surface area contributed by atoms with Gasteiger partial charge < -0.3 is 15.2 Å². The molecule has 2 aromatic carbocycles. The molecule has 1 aliphatic heterocycles. The number of amides is 1. The molecule has 2 aliphatic rings. The molecule has 6 nitrogen and oxygen atoms in total. The highest BCUT2D eigenvalue weighted by atomic mass is 16.6. The van der Waals surface area contributed by atoms with E-state index in [4.69, 9.17) is 15.2 Å². The number of esters is 2. The first kappa shape index (κ1) is 19.9. The fraction of sp³-hybridized carbons (Fsp3) is 0.292. The van der Waals surface area contributed by atoms with Gasteiger partial charge in [-0.2, -0.15) is 0 Å². The van der Waals surface area contributed by atoms with E-state index in [9.17, 15) is 14.4 Å². The Bertz CT molecular complexity index is 991. The highest BCUT2D eigenvalue weighted by molar-refractivity contribution is 6.23. The van der Waals surface area contributed by atoms with Crippen LogP contribution in [-0.2, 0) is 23.9 Å². The zero-order chi connectivity index (χ0) is 21.1. The van der Waals surface area contributed by atoms with Crippen LogP contribution in [0.2, 0.25) is 0 Å². The molecule has 0 saturated heterocycles. The molecule has 1 saturated carbocycles. The zero-order valence-corrected chi connectivity index (χ0v) is 16.5. The first-order valence-corrected chi connectivity index (χ1v) is 10.1. The summed E-state index contributed by atoms with van der Waals surface area (Å²) in [7, 11) is 0. The summed E-state index contributed by atoms with van der Waals surface area (Å²) in [5.41, 5.74) is 5.90. The van der Waals surface area contributed by atoms with Gasteiger partial charge in [-0.15, -0.1) is 0 Å². The summed E-state index contributed by atoms with van der Waals surface area (Å²) in [6, 6.07) is 18.3. The number of ether oxygens (including phenoxy) is 2. The van der Waals surface area contributed by atoms with E-state index in [1.165, 1.54) is 0 Å². The normalized spacial score (nSPS) is 20.5. The molecule has 1 aliphatic carbocycles. The number of rotatable bonds is 5. The summed E-state index contributed by atoms with van der Waals surface area (Å²) in [6.07, 6.45) is 2.40. The maximum atomic E-state index is 13.2. The monoisotopic (exact) mass is 405 g/mol. The maximum absolute atomic E-state index is 13.2. The van der Waals surface area contributed by atoms with Gasteiger partial charge >= 0.3 is 11.9 Å². The van der Waals surface area contributed by atoms with Gasteiger partial charge in [-0.1, -0.05) is 67.1 Å². The number of hydrogen-bond acceptors (Lipinski definition) is 5. The number of nitrogens with two attached hydrogens (primary N) is 1. The number of cyclic esters (lactones) is 1. The molecule has 0 aromatic heterocycles. The van der Waals surface area contributed by atoms with E-state index < -0.39 is 29.6 Å². The van der Waals surface area contributed by atoms with Crippen LogP contribution in [0.4, 0.5) is 0 Å². The molecule has 154 valence electrons. The first-order valence-electron chi connectivity index (χ1n) is 10.1. The third-order valence-electron chi connectivity index (χ3n) is 5.75. The third kappa shape index (κ3) is 3.61. The predicted octanol–water partition coefficient (Wildman–Crippen LogP) is 3.47. The van der Waals surface area contributed by atoms with Crippen molar-refractivity contribution in [1.29, 1.82) is 0 Å². The molecule has 0 radical (unpaired) electrons. The summed E-state index contributed by atoms with van der Waals surface area (Å²) in [5, 5.41) is 0. The smallest absolute Gasteiger partial charge is 0.347 e. The Morgan fingerprint density at radius 2 is 1.53 bits per heavy atom. The predicted molar refractivity (Wildman–Crippen MR) is 110 cm³/mol. The second-order valence-electron chi connectivity index (χ2n) is 7.66. The Morgan fingerprint density at radius 3 is 2.13 bits per heavy atom. The molecule has 2 aromatic rings. The molecule has 0 bridgehead atoms. The Morgan fingerprint density at radius 1 is 0.933 bits per heavy atom. The van der Waals surface area contributed by atoms with Crippen molar-refractivity contribution in [1.82, 2.24) is 0 Å². The van der Waals surface area contributed by atoms with Crippen LogP contribution in [0.25, 0.3) is 5.57 Å². The number of primary amides is 1. The molecule has 1 amide bonds. The lowest BCUT2D eigenvalue weighted by molar-refractivity contribution is -0.168. The zero-order valence-electron chi connectivity index (χ0n) is 16.5. The lowest BCUT2D eigenvalue weighted by Gasteiger charge is -2.33. The molecule has 1 fully saturated rings. The van der Waals surface area contributed by atoms with Crippen molar-refractivity contribution >= 4 is 23.4 Å². The lowest BCUT2D eigenvalue weighted by atomic mass is 9.84. The van der Waals surface area contributed by atoms with Crippen LogP contribution < -0.4 is 5.73 Å². The fourth-order valence-corrected chi connectivity index (χ4v) is 4.19.